The van der Waals surface area contributed by atoms with E-state index in [-0.39, 0.29) is 17.9 Å². The second-order valence-corrected chi connectivity index (χ2v) is 3.73. The molecule has 1 heterocycles. The topological polar surface area (TPSA) is 83.8 Å². The normalized spacial score (nSPS) is 25.5. The molecule has 4 N–H and O–H groups in total. The Balaban J connectivity index is 1.73. The van der Waals surface area contributed by atoms with Crippen molar-refractivity contribution in [2.45, 2.75) is 25.4 Å². The molecule has 0 saturated heterocycles. The average molecular weight is 194 g/mol. The Bertz CT molecular complexity index is 303. The van der Waals surface area contributed by atoms with E-state index in [1.807, 2.05) is 6.07 Å². The maximum Gasteiger partial charge on any atom is 0.223 e. The zero-order valence-electron chi connectivity index (χ0n) is 7.86. The van der Waals surface area contributed by atoms with Crippen molar-refractivity contribution in [3.63, 3.8) is 0 Å². The molecule has 0 unspecified atom stereocenters. The van der Waals surface area contributed by atoms with Crippen molar-refractivity contribution in [3.05, 3.63) is 18.0 Å². The Morgan fingerprint density at radius 2 is 2.50 bits per heavy atom. The average Bonchev–Trinajstić information content (AvgIpc) is 2.61. The van der Waals surface area contributed by atoms with Gasteiger partial charge in [0.2, 0.25) is 5.91 Å². The quantitative estimate of drug-likeness (QED) is 0.621. The van der Waals surface area contributed by atoms with Crippen molar-refractivity contribution >= 4 is 5.91 Å². The molecule has 0 aromatic carbocycles. The molecule has 0 radical (unpaired) electrons. The number of aromatic amines is 1. The lowest BCUT2D eigenvalue weighted by Gasteiger charge is -2.30. The third-order valence-electron chi connectivity index (χ3n) is 2.56. The zero-order chi connectivity index (χ0) is 9.97. The Hall–Kier alpha value is -1.36. The number of nitrogens with zero attached hydrogens (tertiary/aromatic N) is 1. The van der Waals surface area contributed by atoms with Crippen LogP contribution in [0.4, 0.5) is 0 Å². The molecule has 1 aliphatic carbocycles. The van der Waals surface area contributed by atoms with E-state index in [1.54, 1.807) is 6.20 Å². The first-order valence-electron chi connectivity index (χ1n) is 4.77. The van der Waals surface area contributed by atoms with Gasteiger partial charge in [0.05, 0.1) is 12.2 Å². The highest BCUT2D eigenvalue weighted by atomic mass is 16.1. The van der Waals surface area contributed by atoms with Gasteiger partial charge >= 0.3 is 0 Å². The molecule has 0 atom stereocenters. The summed E-state index contributed by atoms with van der Waals surface area (Å²) in [6, 6.07) is 2.06. The lowest BCUT2D eigenvalue weighted by atomic mass is 9.80. The van der Waals surface area contributed by atoms with Gasteiger partial charge < -0.3 is 11.1 Å². The molecule has 2 rings (SSSR count). The summed E-state index contributed by atoms with van der Waals surface area (Å²) in [6.07, 6.45) is 3.30. The van der Waals surface area contributed by atoms with E-state index < -0.39 is 0 Å². The van der Waals surface area contributed by atoms with Crippen LogP contribution < -0.4 is 11.1 Å². The third-order valence-corrected chi connectivity index (χ3v) is 2.56. The smallest absolute Gasteiger partial charge is 0.223 e. The maximum atomic E-state index is 11.5. The highest BCUT2D eigenvalue weighted by molar-refractivity contribution is 5.79. The first-order valence-corrected chi connectivity index (χ1v) is 4.77. The van der Waals surface area contributed by atoms with Gasteiger partial charge in [0.15, 0.2) is 0 Å². The molecule has 1 fully saturated rings. The second-order valence-electron chi connectivity index (χ2n) is 3.73. The van der Waals surface area contributed by atoms with Crippen molar-refractivity contribution in [3.8, 4) is 0 Å². The number of nitrogens with one attached hydrogen (secondary N) is 2. The van der Waals surface area contributed by atoms with Gasteiger partial charge in [-0.3, -0.25) is 9.89 Å². The van der Waals surface area contributed by atoms with Crippen LogP contribution in [0, 0.1) is 5.92 Å². The van der Waals surface area contributed by atoms with Crippen LogP contribution in [0.5, 0.6) is 0 Å². The van der Waals surface area contributed by atoms with Gasteiger partial charge in [-0.25, -0.2) is 0 Å². The number of rotatable bonds is 3. The van der Waals surface area contributed by atoms with Crippen molar-refractivity contribution < 1.29 is 4.79 Å². The van der Waals surface area contributed by atoms with Crippen LogP contribution in [0.15, 0.2) is 12.3 Å². The van der Waals surface area contributed by atoms with Crippen molar-refractivity contribution in [2.24, 2.45) is 11.7 Å². The van der Waals surface area contributed by atoms with Crippen molar-refractivity contribution in [2.75, 3.05) is 0 Å². The molecule has 1 aromatic rings. The van der Waals surface area contributed by atoms with Crippen molar-refractivity contribution in [1.29, 1.82) is 0 Å². The van der Waals surface area contributed by atoms with Gasteiger partial charge in [-0.15, -0.1) is 0 Å². The largest absolute Gasteiger partial charge is 0.350 e. The minimum atomic E-state index is 0.0984. The van der Waals surface area contributed by atoms with Crippen LogP contribution in [0.25, 0.3) is 0 Å². The van der Waals surface area contributed by atoms with Gasteiger partial charge in [0, 0.05) is 18.2 Å². The third kappa shape index (κ3) is 1.93. The monoisotopic (exact) mass is 194 g/mol. The fourth-order valence-corrected chi connectivity index (χ4v) is 1.59. The summed E-state index contributed by atoms with van der Waals surface area (Å²) in [4.78, 5) is 11.5. The summed E-state index contributed by atoms with van der Waals surface area (Å²) in [7, 11) is 0. The number of H-pyrrole nitrogens is 1. The molecule has 1 aliphatic rings. The Morgan fingerprint density at radius 1 is 1.71 bits per heavy atom. The summed E-state index contributed by atoms with van der Waals surface area (Å²) >= 11 is 0. The summed E-state index contributed by atoms with van der Waals surface area (Å²) in [5.74, 6) is 0.217. The summed E-state index contributed by atoms with van der Waals surface area (Å²) in [6.45, 7) is 0.518. The number of hydrogen-bond acceptors (Lipinski definition) is 3. The van der Waals surface area contributed by atoms with Gasteiger partial charge in [0.1, 0.15) is 0 Å². The molecule has 5 heteroatoms. The zero-order valence-corrected chi connectivity index (χ0v) is 7.86. The lowest BCUT2D eigenvalue weighted by molar-refractivity contribution is -0.128. The van der Waals surface area contributed by atoms with Crippen LogP contribution in [0.1, 0.15) is 18.5 Å². The van der Waals surface area contributed by atoms with E-state index >= 15 is 0 Å². The SMILES string of the molecule is NC1CC(C(=O)NCc2ccn[nH]2)C1. The number of aromatic nitrogens is 2. The highest BCUT2D eigenvalue weighted by Gasteiger charge is 2.31. The first kappa shape index (κ1) is 9.21. The fraction of sp³-hybridized carbons (Fsp3) is 0.556. The Labute approximate surface area is 82.1 Å². The predicted molar refractivity (Wildman–Crippen MR) is 51.1 cm³/mol. The lowest BCUT2D eigenvalue weighted by Crippen LogP contribution is -2.44. The maximum absolute atomic E-state index is 11.5. The van der Waals surface area contributed by atoms with E-state index in [0.29, 0.717) is 6.54 Å². The van der Waals surface area contributed by atoms with E-state index in [9.17, 15) is 4.79 Å². The molecule has 1 amide bonds. The minimum absolute atomic E-state index is 0.0984. The molecule has 0 bridgehead atoms. The van der Waals surface area contributed by atoms with E-state index in [4.69, 9.17) is 5.73 Å². The molecule has 1 aromatic heterocycles. The van der Waals surface area contributed by atoms with Crippen LogP contribution >= 0.6 is 0 Å². The molecule has 14 heavy (non-hydrogen) atoms. The summed E-state index contributed by atoms with van der Waals surface area (Å²) < 4.78 is 0. The predicted octanol–water partition coefficient (Wildman–Crippen LogP) is -0.237. The molecule has 76 valence electrons. The van der Waals surface area contributed by atoms with Crippen molar-refractivity contribution in [1.82, 2.24) is 15.5 Å². The molecule has 5 nitrogen and oxygen atoms in total. The molecule has 0 spiro atoms. The molecular formula is C9H14N4O. The Kier molecular flexibility index (Phi) is 2.49. The number of amides is 1. The number of hydrogen-bond donors (Lipinski definition) is 3. The van der Waals surface area contributed by atoms with Crippen LogP contribution in [0.3, 0.4) is 0 Å². The van der Waals surface area contributed by atoms with E-state index in [1.165, 1.54) is 0 Å². The summed E-state index contributed by atoms with van der Waals surface area (Å²) in [5.41, 5.74) is 6.52. The molecule has 1 saturated carbocycles. The highest BCUT2D eigenvalue weighted by Crippen LogP contribution is 2.25. The van der Waals surface area contributed by atoms with Crippen LogP contribution in [-0.2, 0) is 11.3 Å². The van der Waals surface area contributed by atoms with E-state index in [2.05, 4.69) is 15.5 Å². The number of carbonyl (C=O) groups is 1. The molecular weight excluding hydrogens is 180 g/mol. The van der Waals surface area contributed by atoms with Crippen LogP contribution in [-0.4, -0.2) is 22.1 Å². The molecule has 0 aliphatic heterocycles. The first-order chi connectivity index (χ1) is 6.75. The summed E-state index contributed by atoms with van der Waals surface area (Å²) in [5, 5.41) is 9.42. The van der Waals surface area contributed by atoms with Gasteiger partial charge in [-0.1, -0.05) is 0 Å². The van der Waals surface area contributed by atoms with Gasteiger partial charge in [0.25, 0.3) is 0 Å². The minimum Gasteiger partial charge on any atom is -0.350 e. The number of nitrogens with two attached hydrogens (primary N) is 1. The second kappa shape index (κ2) is 3.79. The van der Waals surface area contributed by atoms with Gasteiger partial charge in [-0.2, -0.15) is 5.10 Å². The number of carbonyl (C=O) groups excluding carboxylic acids is 1. The standard InChI is InChI=1S/C9H14N4O/c10-7-3-6(4-7)9(14)11-5-8-1-2-12-13-8/h1-2,6-7H,3-5,10H2,(H,11,14)(H,12,13). The van der Waals surface area contributed by atoms with E-state index in [0.717, 1.165) is 18.5 Å². The fourth-order valence-electron chi connectivity index (χ4n) is 1.59. The van der Waals surface area contributed by atoms with Gasteiger partial charge in [-0.05, 0) is 18.9 Å². The van der Waals surface area contributed by atoms with Crippen LogP contribution in [0.2, 0.25) is 0 Å². The Morgan fingerprint density at radius 3 is 3.07 bits per heavy atom.